The van der Waals surface area contributed by atoms with Crippen molar-refractivity contribution in [2.75, 3.05) is 5.32 Å². The number of nitrogens with one attached hydrogen (secondary N) is 1. The number of nitrogens with zero attached hydrogens (tertiary/aromatic N) is 1. The fourth-order valence-electron chi connectivity index (χ4n) is 1.58. The van der Waals surface area contributed by atoms with Gasteiger partial charge < -0.3 is 10.4 Å². The van der Waals surface area contributed by atoms with Crippen LogP contribution in [-0.4, -0.2) is 10.0 Å². The quantitative estimate of drug-likeness (QED) is 0.662. The van der Waals surface area contributed by atoms with Crippen molar-refractivity contribution >= 4 is 23.0 Å². The number of anilines is 1. The maximum atomic E-state index is 10.8. The Labute approximate surface area is 114 Å². The number of aromatic hydroxyl groups is 1. The number of phenols is 1. The van der Waals surface area contributed by atoms with E-state index in [0.29, 0.717) is 12.2 Å². The molecule has 2 aromatic rings. The second-order valence-corrected chi connectivity index (χ2v) is 4.35. The highest BCUT2D eigenvalue weighted by Crippen LogP contribution is 2.27. The molecule has 0 fully saturated rings. The van der Waals surface area contributed by atoms with E-state index in [1.54, 1.807) is 30.3 Å². The van der Waals surface area contributed by atoms with E-state index in [0.717, 1.165) is 5.56 Å². The van der Waals surface area contributed by atoms with Gasteiger partial charge in [-0.05, 0) is 29.8 Å². The van der Waals surface area contributed by atoms with Crippen molar-refractivity contribution in [1.82, 2.24) is 0 Å². The lowest BCUT2D eigenvalue weighted by Gasteiger charge is -2.07. The molecule has 98 valence electrons. The molecule has 0 saturated carbocycles. The summed E-state index contributed by atoms with van der Waals surface area (Å²) in [5.74, 6) is 0.200. The van der Waals surface area contributed by atoms with E-state index in [2.05, 4.69) is 5.32 Å². The van der Waals surface area contributed by atoms with Crippen LogP contribution in [0.3, 0.4) is 0 Å². The largest absolute Gasteiger partial charge is 0.508 e. The highest BCUT2D eigenvalue weighted by molar-refractivity contribution is 6.32. The molecule has 19 heavy (non-hydrogen) atoms. The SMILES string of the molecule is O=[N+]([O-])c1cc(NCc2ccc(O)cc2)ccc1Cl. The predicted octanol–water partition coefficient (Wildman–Crippen LogP) is 3.57. The number of nitro benzene ring substituents is 1. The van der Waals surface area contributed by atoms with Gasteiger partial charge >= 0.3 is 0 Å². The van der Waals surface area contributed by atoms with Crippen LogP contribution in [0.2, 0.25) is 5.02 Å². The van der Waals surface area contributed by atoms with Gasteiger partial charge in [-0.1, -0.05) is 23.7 Å². The Morgan fingerprint density at radius 3 is 2.53 bits per heavy atom. The first-order chi connectivity index (χ1) is 9.06. The number of halogens is 1. The van der Waals surface area contributed by atoms with Gasteiger partial charge in [0.15, 0.2) is 0 Å². The summed E-state index contributed by atoms with van der Waals surface area (Å²) < 4.78 is 0. The molecule has 0 radical (unpaired) electrons. The molecule has 6 heteroatoms. The van der Waals surface area contributed by atoms with Crippen LogP contribution in [0.1, 0.15) is 5.56 Å². The molecule has 0 aliphatic carbocycles. The summed E-state index contributed by atoms with van der Waals surface area (Å²) in [7, 11) is 0. The first kappa shape index (κ1) is 13.2. The van der Waals surface area contributed by atoms with Crippen LogP contribution in [0.4, 0.5) is 11.4 Å². The normalized spacial score (nSPS) is 10.2. The van der Waals surface area contributed by atoms with E-state index in [9.17, 15) is 10.1 Å². The minimum absolute atomic E-state index is 0.111. The number of phenolic OH excluding ortho intramolecular Hbond substituents is 1. The molecule has 0 aliphatic rings. The van der Waals surface area contributed by atoms with Crippen molar-refractivity contribution < 1.29 is 10.0 Å². The third kappa shape index (κ3) is 3.35. The van der Waals surface area contributed by atoms with Crippen LogP contribution in [0.25, 0.3) is 0 Å². The number of nitro groups is 1. The molecule has 0 spiro atoms. The van der Waals surface area contributed by atoms with Crippen LogP contribution in [0.15, 0.2) is 42.5 Å². The van der Waals surface area contributed by atoms with Crippen molar-refractivity contribution in [2.24, 2.45) is 0 Å². The monoisotopic (exact) mass is 278 g/mol. The van der Waals surface area contributed by atoms with E-state index in [1.165, 1.54) is 12.1 Å². The third-order valence-corrected chi connectivity index (χ3v) is 2.90. The minimum Gasteiger partial charge on any atom is -0.508 e. The molecule has 0 heterocycles. The fraction of sp³-hybridized carbons (Fsp3) is 0.0769. The van der Waals surface area contributed by atoms with Gasteiger partial charge in [0, 0.05) is 18.3 Å². The topological polar surface area (TPSA) is 75.4 Å². The summed E-state index contributed by atoms with van der Waals surface area (Å²) in [5.41, 5.74) is 1.44. The molecule has 0 amide bonds. The van der Waals surface area contributed by atoms with Crippen molar-refractivity contribution in [3.63, 3.8) is 0 Å². The van der Waals surface area contributed by atoms with Crippen molar-refractivity contribution in [2.45, 2.75) is 6.54 Å². The molecule has 0 atom stereocenters. The third-order valence-electron chi connectivity index (χ3n) is 2.58. The van der Waals surface area contributed by atoms with Gasteiger partial charge in [-0.2, -0.15) is 0 Å². The molecule has 0 saturated heterocycles. The number of benzene rings is 2. The second kappa shape index (κ2) is 5.58. The fourth-order valence-corrected chi connectivity index (χ4v) is 1.77. The van der Waals surface area contributed by atoms with Crippen LogP contribution >= 0.6 is 11.6 Å². The van der Waals surface area contributed by atoms with Crippen molar-refractivity contribution in [3.8, 4) is 5.75 Å². The predicted molar refractivity (Wildman–Crippen MR) is 73.5 cm³/mol. The molecule has 2 N–H and O–H groups in total. The Kier molecular flexibility index (Phi) is 3.87. The average Bonchev–Trinajstić information content (AvgIpc) is 2.39. The zero-order chi connectivity index (χ0) is 13.8. The molecular weight excluding hydrogens is 268 g/mol. The van der Waals surface area contributed by atoms with E-state index in [-0.39, 0.29) is 16.5 Å². The minimum atomic E-state index is -0.520. The Morgan fingerprint density at radius 2 is 1.89 bits per heavy atom. The summed E-state index contributed by atoms with van der Waals surface area (Å²) in [4.78, 5) is 10.2. The van der Waals surface area contributed by atoms with E-state index < -0.39 is 4.92 Å². The maximum Gasteiger partial charge on any atom is 0.289 e. The summed E-state index contributed by atoms with van der Waals surface area (Å²) in [6, 6.07) is 11.3. The molecular formula is C13H11ClN2O3. The Balaban J connectivity index is 2.09. The summed E-state index contributed by atoms with van der Waals surface area (Å²) in [6.07, 6.45) is 0. The Morgan fingerprint density at radius 1 is 1.21 bits per heavy atom. The first-order valence-corrected chi connectivity index (χ1v) is 5.90. The zero-order valence-electron chi connectivity index (χ0n) is 9.84. The molecule has 2 aromatic carbocycles. The van der Waals surface area contributed by atoms with Crippen LogP contribution < -0.4 is 5.32 Å². The van der Waals surface area contributed by atoms with Gasteiger partial charge in [0.05, 0.1) is 4.92 Å². The Hall–Kier alpha value is -2.27. The summed E-state index contributed by atoms with van der Waals surface area (Å²) in [5, 5.41) is 23.1. The van der Waals surface area contributed by atoms with Gasteiger partial charge in [-0.3, -0.25) is 10.1 Å². The summed E-state index contributed by atoms with van der Waals surface area (Å²) in [6.45, 7) is 0.499. The lowest BCUT2D eigenvalue weighted by molar-refractivity contribution is -0.384. The molecule has 0 aliphatic heterocycles. The van der Waals surface area contributed by atoms with Crippen LogP contribution in [0.5, 0.6) is 5.75 Å². The maximum absolute atomic E-state index is 10.8. The smallest absolute Gasteiger partial charge is 0.289 e. The lowest BCUT2D eigenvalue weighted by atomic mass is 10.2. The molecule has 2 rings (SSSR count). The standard InChI is InChI=1S/C13H11ClN2O3/c14-12-6-3-10(7-13(12)16(18)19)15-8-9-1-4-11(17)5-2-9/h1-7,15,17H,8H2. The van der Waals surface area contributed by atoms with Crippen molar-refractivity contribution in [1.29, 1.82) is 0 Å². The van der Waals surface area contributed by atoms with Gasteiger partial charge in [-0.15, -0.1) is 0 Å². The molecule has 5 nitrogen and oxygen atoms in total. The van der Waals surface area contributed by atoms with Crippen LogP contribution in [0, 0.1) is 10.1 Å². The number of hydrogen-bond donors (Lipinski definition) is 2. The van der Waals surface area contributed by atoms with E-state index in [4.69, 9.17) is 16.7 Å². The average molecular weight is 279 g/mol. The highest BCUT2D eigenvalue weighted by Gasteiger charge is 2.12. The first-order valence-electron chi connectivity index (χ1n) is 5.52. The van der Waals surface area contributed by atoms with E-state index in [1.807, 2.05) is 0 Å². The number of rotatable bonds is 4. The molecule has 0 unspecified atom stereocenters. The molecule has 0 bridgehead atoms. The van der Waals surface area contributed by atoms with Gasteiger partial charge in [0.1, 0.15) is 10.8 Å². The summed E-state index contributed by atoms with van der Waals surface area (Å²) >= 11 is 5.73. The van der Waals surface area contributed by atoms with Gasteiger partial charge in [0.25, 0.3) is 5.69 Å². The lowest BCUT2D eigenvalue weighted by Crippen LogP contribution is -2.00. The van der Waals surface area contributed by atoms with Crippen molar-refractivity contribution in [3.05, 3.63) is 63.2 Å². The number of hydrogen-bond acceptors (Lipinski definition) is 4. The molecule has 0 aromatic heterocycles. The Bertz CT molecular complexity index is 599. The van der Waals surface area contributed by atoms with Gasteiger partial charge in [0.2, 0.25) is 0 Å². The van der Waals surface area contributed by atoms with Gasteiger partial charge in [-0.25, -0.2) is 0 Å². The highest BCUT2D eigenvalue weighted by atomic mass is 35.5. The second-order valence-electron chi connectivity index (χ2n) is 3.94. The van der Waals surface area contributed by atoms with Crippen LogP contribution in [-0.2, 0) is 6.54 Å². The zero-order valence-corrected chi connectivity index (χ0v) is 10.6. The van der Waals surface area contributed by atoms with E-state index >= 15 is 0 Å².